The van der Waals surface area contributed by atoms with Crippen molar-refractivity contribution < 1.29 is 48.1 Å². The Labute approximate surface area is 418 Å². The highest BCUT2D eigenvalue weighted by Crippen LogP contribution is 2.32. The van der Waals surface area contributed by atoms with Gasteiger partial charge in [0.1, 0.15) is 34.8 Å². The molecule has 1 aliphatic rings. The van der Waals surface area contributed by atoms with E-state index in [1.807, 2.05) is 57.8 Å². The predicted octanol–water partition coefficient (Wildman–Crippen LogP) is 7.35. The SMILES string of the molecule is CCCC(=O)OCN(C[C@H](CC)NC(=O)C1CCCCN1C)[C@H](C[C@@H](OC(C)=O)c1nc(C(=O)N[C@@H](Cc2ccc(O)cc2)C[C@H](C)C(=O)CNC(=O)OCCSSc2ccccn2)cs1)C(C)C. The summed E-state index contributed by atoms with van der Waals surface area (Å²) in [5.41, 5.74) is 0.902. The van der Waals surface area contributed by atoms with Crippen molar-refractivity contribution in [3.63, 3.8) is 0 Å². The lowest BCUT2D eigenvalue weighted by molar-refractivity contribution is -0.152. The quantitative estimate of drug-likeness (QED) is 0.0176. The van der Waals surface area contributed by atoms with Crippen molar-refractivity contribution in [3.05, 3.63) is 70.3 Å². The van der Waals surface area contributed by atoms with E-state index in [2.05, 4.69) is 25.8 Å². The van der Waals surface area contributed by atoms with Gasteiger partial charge in [-0.15, -0.1) is 11.3 Å². The molecule has 3 aromatic rings. The van der Waals surface area contributed by atoms with Gasteiger partial charge in [0, 0.05) is 67.7 Å². The van der Waals surface area contributed by atoms with Crippen LogP contribution >= 0.6 is 32.9 Å². The number of Topliss-reactive ketones (excluding diaryl/α,β-unsaturated/α-hetero) is 1. The largest absolute Gasteiger partial charge is 0.508 e. The number of hydrogen-bond donors (Lipinski definition) is 4. The summed E-state index contributed by atoms with van der Waals surface area (Å²) in [6, 6.07) is 10.8. The highest BCUT2D eigenvalue weighted by atomic mass is 33.1. The summed E-state index contributed by atoms with van der Waals surface area (Å²) in [7, 11) is 4.93. The smallest absolute Gasteiger partial charge is 0.407 e. The number of pyridine rings is 1. The summed E-state index contributed by atoms with van der Waals surface area (Å²) < 4.78 is 16.9. The molecule has 0 saturated carbocycles. The molecule has 1 aliphatic heterocycles. The second-order valence-corrected chi connectivity index (χ2v) is 21.0. The number of hydrogen-bond acceptors (Lipinski definition) is 17. The van der Waals surface area contributed by atoms with Gasteiger partial charge in [-0.25, -0.2) is 14.8 Å². The summed E-state index contributed by atoms with van der Waals surface area (Å²) in [5.74, 6) is -1.66. The van der Waals surface area contributed by atoms with Crippen LogP contribution in [0.4, 0.5) is 4.79 Å². The molecule has 1 aromatic carbocycles. The molecule has 3 amide bonds. The van der Waals surface area contributed by atoms with Crippen molar-refractivity contribution in [1.29, 1.82) is 0 Å². The van der Waals surface area contributed by atoms with Gasteiger partial charge in [0.15, 0.2) is 11.9 Å². The number of esters is 2. The summed E-state index contributed by atoms with van der Waals surface area (Å²) in [6.45, 7) is 12.1. The van der Waals surface area contributed by atoms with Gasteiger partial charge in [-0.2, -0.15) is 0 Å². The van der Waals surface area contributed by atoms with E-state index in [4.69, 9.17) is 19.2 Å². The lowest BCUT2D eigenvalue weighted by atomic mass is 9.93. The molecule has 6 atom stereocenters. The molecule has 0 bridgehead atoms. The highest BCUT2D eigenvalue weighted by molar-refractivity contribution is 8.76. The minimum Gasteiger partial charge on any atom is -0.508 e. The number of phenols is 1. The van der Waals surface area contributed by atoms with Crippen LogP contribution in [0.3, 0.4) is 0 Å². The van der Waals surface area contributed by atoms with E-state index < -0.39 is 36.0 Å². The van der Waals surface area contributed by atoms with Gasteiger partial charge in [-0.1, -0.05) is 70.0 Å². The fourth-order valence-corrected chi connectivity index (χ4v) is 10.5. The number of thiazole rings is 1. The molecule has 1 unspecified atom stereocenters. The van der Waals surface area contributed by atoms with E-state index in [9.17, 15) is 33.9 Å². The maximum atomic E-state index is 14.0. The molecule has 3 heterocycles. The van der Waals surface area contributed by atoms with Gasteiger partial charge in [-0.05, 0) is 98.7 Å². The van der Waals surface area contributed by atoms with Crippen molar-refractivity contribution in [2.24, 2.45) is 11.8 Å². The number of likely N-dealkylation sites (N-methyl/N-ethyl adjacent to an activating group) is 1. The molecule has 1 saturated heterocycles. The number of aromatic hydroxyl groups is 1. The number of alkyl carbamates (subject to hydrolysis) is 1. The van der Waals surface area contributed by atoms with Crippen LogP contribution in [0.1, 0.15) is 120 Å². The van der Waals surface area contributed by atoms with Crippen molar-refractivity contribution in [3.8, 4) is 5.75 Å². The zero-order chi connectivity index (χ0) is 50.3. The molecule has 2 aromatic heterocycles. The summed E-state index contributed by atoms with van der Waals surface area (Å²) >= 11 is 1.17. The first-order valence-corrected chi connectivity index (χ1v) is 27.0. The number of amides is 3. The first kappa shape index (κ1) is 56.8. The van der Waals surface area contributed by atoms with E-state index in [0.717, 1.165) is 36.4 Å². The van der Waals surface area contributed by atoms with Crippen molar-refractivity contribution in [2.75, 3.05) is 45.8 Å². The number of phenolic OH excluding ortho intramolecular Hbond substituents is 1. The van der Waals surface area contributed by atoms with Gasteiger partial charge in [-0.3, -0.25) is 33.8 Å². The van der Waals surface area contributed by atoms with Crippen molar-refractivity contribution in [1.82, 2.24) is 35.7 Å². The van der Waals surface area contributed by atoms with E-state index >= 15 is 0 Å². The first-order valence-electron chi connectivity index (χ1n) is 23.8. The average molecular weight is 1010 g/mol. The third-order valence-electron chi connectivity index (χ3n) is 11.8. The molecular formula is C49H71N7O10S3. The van der Waals surface area contributed by atoms with Gasteiger partial charge in [0.2, 0.25) is 5.91 Å². The summed E-state index contributed by atoms with van der Waals surface area (Å²) in [4.78, 5) is 91.6. The zero-order valence-electron chi connectivity index (χ0n) is 41.0. The molecular weight excluding hydrogens is 943 g/mol. The number of rotatable bonds is 29. The van der Waals surface area contributed by atoms with E-state index in [0.29, 0.717) is 36.6 Å². The Morgan fingerprint density at radius 2 is 1.75 bits per heavy atom. The Morgan fingerprint density at radius 1 is 0.986 bits per heavy atom. The highest BCUT2D eigenvalue weighted by Gasteiger charge is 2.34. The monoisotopic (exact) mass is 1010 g/mol. The third-order valence-corrected chi connectivity index (χ3v) is 14.9. The van der Waals surface area contributed by atoms with Crippen LogP contribution in [0.2, 0.25) is 0 Å². The van der Waals surface area contributed by atoms with Crippen LogP contribution in [0.25, 0.3) is 0 Å². The number of benzene rings is 1. The van der Waals surface area contributed by atoms with Crippen LogP contribution in [-0.2, 0) is 39.8 Å². The standard InChI is InChI=1S/C49H71N7O10S3/c1-8-14-45(60)65-31-56(29-36(9-2)52-47(62)40-15-11-13-22-55(40)7)41(32(3)4)27-43(66-34(6)57)48-54-39(30-67-48)46(61)53-37(26-35-17-19-38(58)20-18-35)25-33(5)42(59)28-51-49(63)64-23-24-68-69-44-16-10-12-21-50-44/h10,12,16-21,30,32-33,36-37,40-41,43,58H,8-9,11,13-15,22-29,31H2,1-7H3,(H,51,63)(H,52,62)(H,53,61)/t33-,36-,37+,40?,41+,43+/m0/s1. The van der Waals surface area contributed by atoms with Crippen molar-refractivity contribution in [2.45, 2.75) is 135 Å². The maximum absolute atomic E-state index is 14.0. The maximum Gasteiger partial charge on any atom is 0.407 e. The molecule has 380 valence electrons. The lowest BCUT2D eigenvalue weighted by Gasteiger charge is -2.38. The number of carbonyl (C=O) groups excluding carboxylic acids is 6. The number of aromatic nitrogens is 2. The summed E-state index contributed by atoms with van der Waals surface area (Å²) in [6.07, 6.45) is 5.27. The average Bonchev–Trinajstić information content (AvgIpc) is 3.82. The molecule has 0 spiro atoms. The van der Waals surface area contributed by atoms with Crippen LogP contribution < -0.4 is 16.0 Å². The fraction of sp³-hybridized carbons (Fsp3) is 0.592. The van der Waals surface area contributed by atoms with E-state index in [1.54, 1.807) is 42.8 Å². The first-order chi connectivity index (χ1) is 33.1. The van der Waals surface area contributed by atoms with E-state index in [1.165, 1.54) is 39.8 Å². The van der Waals surface area contributed by atoms with Gasteiger partial charge in [0.25, 0.3) is 5.91 Å². The molecule has 0 radical (unpaired) electrons. The Morgan fingerprint density at radius 3 is 2.42 bits per heavy atom. The van der Waals surface area contributed by atoms with Gasteiger partial charge >= 0.3 is 18.0 Å². The lowest BCUT2D eigenvalue weighted by Crippen LogP contribution is -2.54. The topological polar surface area (TPSA) is 219 Å². The minimum atomic E-state index is -0.866. The fourth-order valence-electron chi connectivity index (χ4n) is 7.96. The van der Waals surface area contributed by atoms with Crippen LogP contribution in [0.5, 0.6) is 5.75 Å². The van der Waals surface area contributed by atoms with Crippen LogP contribution in [0, 0.1) is 11.8 Å². The Kier molecular flexibility index (Phi) is 24.8. The molecule has 4 rings (SSSR count). The summed E-state index contributed by atoms with van der Waals surface area (Å²) in [5, 5.41) is 21.6. The second-order valence-electron chi connectivity index (χ2n) is 17.7. The second kappa shape index (κ2) is 30.1. The number of piperidine rings is 1. The molecule has 17 nitrogen and oxygen atoms in total. The zero-order valence-corrected chi connectivity index (χ0v) is 43.4. The third kappa shape index (κ3) is 20.2. The van der Waals surface area contributed by atoms with Gasteiger partial charge < -0.3 is 35.3 Å². The van der Waals surface area contributed by atoms with Crippen LogP contribution in [-0.4, -0.2) is 130 Å². The van der Waals surface area contributed by atoms with E-state index in [-0.39, 0.29) is 92.3 Å². The Bertz CT molecular complexity index is 2080. The van der Waals surface area contributed by atoms with Crippen molar-refractivity contribution >= 4 is 68.6 Å². The number of nitrogens with zero attached hydrogens (tertiary/aromatic N) is 4. The van der Waals surface area contributed by atoms with Crippen LogP contribution in [0.15, 0.2) is 59.1 Å². The predicted molar refractivity (Wildman–Crippen MR) is 269 cm³/mol. The number of likely N-dealkylation sites (tertiary alicyclic amines) is 1. The minimum absolute atomic E-state index is 0.0292. The Balaban J connectivity index is 1.45. The number of nitrogens with one attached hydrogen (secondary N) is 3. The number of ketones is 1. The molecule has 20 heteroatoms. The number of carbonyl (C=O) groups is 6. The normalized spacial score (nSPS) is 16.2. The molecule has 0 aliphatic carbocycles. The Hall–Kier alpha value is -4.76. The molecule has 4 N–H and O–H groups in total. The molecule has 1 fully saturated rings. The van der Waals surface area contributed by atoms with Gasteiger partial charge in [0.05, 0.1) is 12.6 Å². The molecule has 69 heavy (non-hydrogen) atoms. The number of ether oxygens (including phenoxy) is 3.